The minimum absolute atomic E-state index is 0.160. The molecule has 1 fully saturated rings. The fourth-order valence-corrected chi connectivity index (χ4v) is 19.5. The average Bonchev–Trinajstić information content (AvgIpc) is 1.62. The Kier molecular flexibility index (Phi) is 7.16. The number of nitrogens with one attached hydrogen (secondary N) is 4. The molecule has 0 aromatic heterocycles. The van der Waals surface area contributed by atoms with Gasteiger partial charge in [-0.25, -0.2) is 0 Å². The molecule has 0 aliphatic carbocycles. The molecule has 1 heterocycles. The van der Waals surface area contributed by atoms with E-state index in [0.29, 0.717) is 0 Å². The molecule has 8 heavy (non-hydrogen) atoms. The van der Waals surface area contributed by atoms with Crippen LogP contribution in [-0.2, 0) is 0 Å². The standard InChI is InChI=1S/H4I4N4/c1-5-2-7-4-8-3-6-1/h5-8H/q-4. The van der Waals surface area contributed by atoms with Gasteiger partial charge < -0.3 is 0 Å². The van der Waals surface area contributed by atoms with Gasteiger partial charge in [-0.3, -0.25) is 0 Å². The zero-order chi connectivity index (χ0) is 5.66. The van der Waals surface area contributed by atoms with Gasteiger partial charge in [0.15, 0.2) is 0 Å². The first-order valence-electron chi connectivity index (χ1n) is 1.51. The maximum absolute atomic E-state index is 3.40. The number of halogens is 4. The zero-order valence-electron chi connectivity index (χ0n) is 3.51. The molecule has 56 valence electrons. The summed E-state index contributed by atoms with van der Waals surface area (Å²) in [5.41, 5.74) is 0. The van der Waals surface area contributed by atoms with Gasteiger partial charge in [-0.05, 0) is 0 Å². The van der Waals surface area contributed by atoms with Crippen molar-refractivity contribution in [3.8, 4) is 0 Å². The van der Waals surface area contributed by atoms with Gasteiger partial charge in [0.05, 0.1) is 0 Å². The van der Waals surface area contributed by atoms with Crippen LogP contribution in [0.3, 0.4) is 0 Å². The second-order valence-corrected chi connectivity index (χ2v) is 15.4. The predicted molar refractivity (Wildman–Crippen MR) is 12.5 cm³/mol. The van der Waals surface area contributed by atoms with E-state index in [-0.39, 0.29) is 87.0 Å². The summed E-state index contributed by atoms with van der Waals surface area (Å²) in [5, 5.41) is 0. The molecule has 1 rings (SSSR count). The maximum atomic E-state index is 3.40. The van der Waals surface area contributed by atoms with Gasteiger partial charge in [-0.2, -0.15) is 0 Å². The van der Waals surface area contributed by atoms with Gasteiger partial charge >= 0.3 is 94.0 Å². The summed E-state index contributed by atoms with van der Waals surface area (Å²) < 4.78 is 13.6. The summed E-state index contributed by atoms with van der Waals surface area (Å²) in [7, 11) is 0. The van der Waals surface area contributed by atoms with E-state index < -0.39 is 0 Å². The van der Waals surface area contributed by atoms with E-state index in [1.54, 1.807) is 0 Å². The molecule has 0 spiro atoms. The molecule has 0 aromatic carbocycles. The molecular weight excluding hydrogens is 564 g/mol. The van der Waals surface area contributed by atoms with Crippen LogP contribution < -0.4 is 94.0 Å². The quantitative estimate of drug-likeness (QED) is 0.174. The second kappa shape index (κ2) is 6.47. The van der Waals surface area contributed by atoms with E-state index >= 15 is 0 Å². The normalized spacial score (nSPS) is 28.0. The minimum atomic E-state index is 0.160. The van der Waals surface area contributed by atoms with Gasteiger partial charge in [0.1, 0.15) is 0 Å². The Balaban J connectivity index is 2.00. The van der Waals surface area contributed by atoms with Crippen LogP contribution >= 0.6 is 0 Å². The number of hydrogen-bond donors (Lipinski definition) is 4. The SMILES string of the molecule is N1[I-]N[I-]N[I-]N[I-]1. The Morgan fingerprint density at radius 2 is 0.750 bits per heavy atom. The van der Waals surface area contributed by atoms with Crippen molar-refractivity contribution in [2.24, 2.45) is 0 Å². The van der Waals surface area contributed by atoms with E-state index in [0.717, 1.165) is 0 Å². The van der Waals surface area contributed by atoms with Gasteiger partial charge in [-0.15, -0.1) is 0 Å². The first kappa shape index (κ1) is 8.85. The first-order chi connectivity index (χ1) is 4.00. The fourth-order valence-electron chi connectivity index (χ4n) is 0.125. The Morgan fingerprint density at radius 1 is 0.500 bits per heavy atom. The number of rotatable bonds is 0. The molecule has 1 aliphatic heterocycles. The Labute approximate surface area is 92.0 Å². The Hall–Kier alpha value is 2.76. The third-order valence-electron chi connectivity index (χ3n) is 0.286. The van der Waals surface area contributed by atoms with Crippen molar-refractivity contribution in [3.63, 3.8) is 0 Å². The molecule has 0 radical (unpaired) electrons. The molecule has 0 unspecified atom stereocenters. The van der Waals surface area contributed by atoms with E-state index in [1.807, 2.05) is 0 Å². The van der Waals surface area contributed by atoms with Crippen LogP contribution in [0.15, 0.2) is 0 Å². The van der Waals surface area contributed by atoms with Crippen LogP contribution in [0.25, 0.3) is 0 Å². The van der Waals surface area contributed by atoms with E-state index in [4.69, 9.17) is 0 Å². The summed E-state index contributed by atoms with van der Waals surface area (Å²) in [6.45, 7) is 0. The van der Waals surface area contributed by atoms with Crippen molar-refractivity contribution >= 4 is 0 Å². The molecule has 1 aliphatic rings. The third-order valence-corrected chi connectivity index (χ3v) is 12.9. The summed E-state index contributed by atoms with van der Waals surface area (Å²) in [6.07, 6.45) is 0. The van der Waals surface area contributed by atoms with Crippen LogP contribution in [0, 0.1) is 0 Å². The van der Waals surface area contributed by atoms with Gasteiger partial charge in [0.25, 0.3) is 0 Å². The van der Waals surface area contributed by atoms with Crippen molar-refractivity contribution in [2.75, 3.05) is 0 Å². The van der Waals surface area contributed by atoms with Crippen molar-refractivity contribution in [2.45, 2.75) is 0 Å². The zero-order valence-corrected chi connectivity index (χ0v) is 12.1. The predicted octanol–water partition coefficient (Wildman–Crippen LogP) is -14.0. The number of hydrogen-bond acceptors (Lipinski definition) is 4. The van der Waals surface area contributed by atoms with Crippen LogP contribution in [-0.4, -0.2) is 0 Å². The summed E-state index contributed by atoms with van der Waals surface area (Å²) in [4.78, 5) is 0. The monoisotopic (exact) mass is 568 g/mol. The Morgan fingerprint density at radius 3 is 1.00 bits per heavy atom. The van der Waals surface area contributed by atoms with Crippen molar-refractivity contribution in [3.05, 3.63) is 0 Å². The third kappa shape index (κ3) is 4.56. The van der Waals surface area contributed by atoms with Crippen LogP contribution in [0.1, 0.15) is 0 Å². The van der Waals surface area contributed by atoms with E-state index in [2.05, 4.69) is 6.97 Å². The topological polar surface area (TPSA) is 48.1 Å². The van der Waals surface area contributed by atoms with Crippen LogP contribution in [0.5, 0.6) is 0 Å². The van der Waals surface area contributed by atoms with Crippen molar-refractivity contribution in [1.82, 2.24) is 6.97 Å². The molecule has 0 atom stereocenters. The fraction of sp³-hybridized carbons (Fsp3) is 0. The first-order valence-corrected chi connectivity index (χ1v) is 10.1. The van der Waals surface area contributed by atoms with Gasteiger partial charge in [0.2, 0.25) is 0 Å². The van der Waals surface area contributed by atoms with E-state index in [9.17, 15) is 0 Å². The molecule has 0 bridgehead atoms. The van der Waals surface area contributed by atoms with Crippen LogP contribution in [0.2, 0.25) is 0 Å². The van der Waals surface area contributed by atoms with Crippen LogP contribution in [0.4, 0.5) is 0 Å². The molecule has 0 saturated carbocycles. The van der Waals surface area contributed by atoms with Crippen molar-refractivity contribution < 1.29 is 87.0 Å². The molecule has 4 N–H and O–H groups in total. The summed E-state index contributed by atoms with van der Waals surface area (Å²) >= 11 is 0.640. The molecule has 0 aromatic rings. The Bertz CT molecular complexity index is 32.0. The molecule has 8 heteroatoms. The summed E-state index contributed by atoms with van der Waals surface area (Å²) in [5.74, 6) is 0. The molecule has 1 saturated heterocycles. The molecular formula is H4I4N4-4. The average molecular weight is 568 g/mol. The molecule has 0 amide bonds. The summed E-state index contributed by atoms with van der Waals surface area (Å²) in [6, 6.07) is 0. The van der Waals surface area contributed by atoms with Gasteiger partial charge in [-0.1, -0.05) is 0 Å². The van der Waals surface area contributed by atoms with E-state index in [1.165, 1.54) is 0 Å². The van der Waals surface area contributed by atoms with Gasteiger partial charge in [0, 0.05) is 0 Å². The van der Waals surface area contributed by atoms with Crippen molar-refractivity contribution in [1.29, 1.82) is 0 Å². The second-order valence-electron chi connectivity index (χ2n) is 0.664. The molecule has 4 nitrogen and oxygen atoms in total.